The van der Waals surface area contributed by atoms with Crippen molar-refractivity contribution < 1.29 is 24.9 Å². The average Bonchev–Trinajstić information content (AvgIpc) is 3.35. The topological polar surface area (TPSA) is 102 Å². The lowest BCUT2D eigenvalue weighted by atomic mass is 9.86. The molecule has 7 nitrogen and oxygen atoms in total. The van der Waals surface area contributed by atoms with E-state index in [-0.39, 0.29) is 17.9 Å². The summed E-state index contributed by atoms with van der Waals surface area (Å²) in [5.41, 5.74) is -0.647. The first-order valence-corrected chi connectivity index (χ1v) is 12.1. The zero-order valence-corrected chi connectivity index (χ0v) is 18.4. The minimum absolute atomic E-state index is 0.0293. The summed E-state index contributed by atoms with van der Waals surface area (Å²) < 4.78 is 6.00. The third kappa shape index (κ3) is 4.99. The molecule has 4 N–H and O–H groups in total. The SMILES string of the molecule is CCC[C@@H]1C[C@@H](C(=O)N[C@H]([C@H]2C=CCC2)[C@H]2OC(SC)[C@H](O)C(O)C2O)N(C)C1. The van der Waals surface area contributed by atoms with E-state index in [0.29, 0.717) is 5.92 Å². The van der Waals surface area contributed by atoms with Gasteiger partial charge in [-0.3, -0.25) is 9.69 Å². The maximum absolute atomic E-state index is 13.2. The largest absolute Gasteiger partial charge is 0.388 e. The summed E-state index contributed by atoms with van der Waals surface area (Å²) in [5.74, 6) is 0.509. The molecule has 2 heterocycles. The Kier molecular flexibility index (Phi) is 8.03. The molecule has 3 rings (SSSR count). The predicted molar refractivity (Wildman–Crippen MR) is 113 cm³/mol. The number of amides is 1. The van der Waals surface area contributed by atoms with Crippen LogP contribution < -0.4 is 5.32 Å². The third-order valence-corrected chi connectivity index (χ3v) is 7.50. The summed E-state index contributed by atoms with van der Waals surface area (Å²) in [6, 6.07) is -0.640. The lowest BCUT2D eigenvalue weighted by molar-refractivity contribution is -0.207. The van der Waals surface area contributed by atoms with Crippen molar-refractivity contribution in [2.45, 2.75) is 81.0 Å². The number of allylic oxidation sites excluding steroid dienone is 1. The zero-order chi connectivity index (χ0) is 21.1. The molecule has 3 unspecified atom stereocenters. The molecule has 2 aliphatic heterocycles. The van der Waals surface area contributed by atoms with Gasteiger partial charge >= 0.3 is 0 Å². The van der Waals surface area contributed by atoms with Gasteiger partial charge in [0.15, 0.2) is 0 Å². The molecule has 8 heteroatoms. The van der Waals surface area contributed by atoms with Crippen molar-refractivity contribution in [2.75, 3.05) is 19.8 Å². The van der Waals surface area contributed by atoms with E-state index in [1.165, 1.54) is 11.8 Å². The van der Waals surface area contributed by atoms with E-state index in [9.17, 15) is 20.1 Å². The number of hydrogen-bond acceptors (Lipinski definition) is 7. The van der Waals surface area contributed by atoms with Crippen molar-refractivity contribution in [1.29, 1.82) is 0 Å². The number of aliphatic hydroxyl groups is 3. The highest BCUT2D eigenvalue weighted by Gasteiger charge is 2.49. The normalized spacial score (nSPS) is 41.6. The second-order valence-electron chi connectivity index (χ2n) is 8.73. The summed E-state index contributed by atoms with van der Waals surface area (Å²) >= 11 is 1.29. The van der Waals surface area contributed by atoms with Crippen LogP contribution in [0.15, 0.2) is 12.2 Å². The molecule has 0 saturated carbocycles. The molecule has 1 amide bonds. The second-order valence-corrected chi connectivity index (χ2v) is 9.66. The number of aliphatic hydroxyl groups excluding tert-OH is 3. The van der Waals surface area contributed by atoms with Gasteiger partial charge in [-0.05, 0) is 50.8 Å². The Hall–Kier alpha value is -0.640. The number of rotatable bonds is 7. The number of nitrogens with one attached hydrogen (secondary N) is 1. The monoisotopic (exact) mass is 428 g/mol. The molecule has 0 aromatic heterocycles. The van der Waals surface area contributed by atoms with Gasteiger partial charge in [0.2, 0.25) is 5.91 Å². The Labute approximate surface area is 177 Å². The van der Waals surface area contributed by atoms with Crippen LogP contribution in [0, 0.1) is 11.8 Å². The van der Waals surface area contributed by atoms with Crippen LogP contribution in [0.2, 0.25) is 0 Å². The average molecular weight is 429 g/mol. The number of likely N-dealkylation sites (tertiary alicyclic amines) is 1. The Morgan fingerprint density at radius 1 is 1.31 bits per heavy atom. The predicted octanol–water partition coefficient (Wildman–Crippen LogP) is 0.728. The van der Waals surface area contributed by atoms with Gasteiger partial charge in [-0.1, -0.05) is 25.5 Å². The molecule has 2 fully saturated rings. The van der Waals surface area contributed by atoms with Crippen molar-refractivity contribution in [3.05, 3.63) is 12.2 Å². The van der Waals surface area contributed by atoms with Crippen molar-refractivity contribution in [2.24, 2.45) is 11.8 Å². The van der Waals surface area contributed by atoms with Gasteiger partial charge in [0.05, 0.1) is 12.1 Å². The summed E-state index contributed by atoms with van der Waals surface area (Å²) in [4.78, 5) is 15.3. The minimum Gasteiger partial charge on any atom is -0.388 e. The molecule has 29 heavy (non-hydrogen) atoms. The fourth-order valence-corrected chi connectivity index (χ4v) is 5.72. The lowest BCUT2D eigenvalue weighted by Gasteiger charge is -2.44. The van der Waals surface area contributed by atoms with E-state index in [2.05, 4.69) is 29.3 Å². The molecule has 1 aliphatic carbocycles. The highest BCUT2D eigenvalue weighted by atomic mass is 32.2. The van der Waals surface area contributed by atoms with Crippen molar-refractivity contribution >= 4 is 17.7 Å². The molecule has 0 bridgehead atoms. The van der Waals surface area contributed by atoms with Crippen LogP contribution >= 0.6 is 11.8 Å². The third-order valence-electron chi connectivity index (χ3n) is 6.65. The van der Waals surface area contributed by atoms with E-state index in [1.807, 2.05) is 7.05 Å². The van der Waals surface area contributed by atoms with Crippen LogP contribution in [0.1, 0.15) is 39.0 Å². The summed E-state index contributed by atoms with van der Waals surface area (Å²) in [7, 11) is 1.99. The van der Waals surface area contributed by atoms with Gasteiger partial charge in [-0.2, -0.15) is 0 Å². The number of likely N-dealkylation sites (N-methyl/N-ethyl adjacent to an activating group) is 1. The first kappa shape index (κ1) is 23.0. The van der Waals surface area contributed by atoms with Crippen molar-refractivity contribution in [3.8, 4) is 0 Å². The molecule has 0 aromatic carbocycles. The molecule has 166 valence electrons. The number of nitrogens with zero attached hydrogens (tertiary/aromatic N) is 1. The summed E-state index contributed by atoms with van der Waals surface area (Å²) in [5, 5.41) is 34.4. The lowest BCUT2D eigenvalue weighted by Crippen LogP contribution is -2.64. The van der Waals surface area contributed by atoms with E-state index in [1.54, 1.807) is 6.26 Å². The minimum atomic E-state index is -1.31. The van der Waals surface area contributed by atoms with E-state index < -0.39 is 35.9 Å². The number of carbonyl (C=O) groups is 1. The van der Waals surface area contributed by atoms with Gasteiger partial charge in [0.25, 0.3) is 0 Å². The standard InChI is InChI=1S/C21H36N2O5S/c1-4-7-12-10-14(23(2)11-12)20(27)22-15(13-8-5-6-9-13)19-17(25)16(24)18(26)21(28-19)29-3/h5,8,12-19,21,24-26H,4,6-7,9-11H2,1-3H3,(H,22,27)/t12-,13+,14+,15-,16?,17?,18-,19-,21?/m1/s1. The van der Waals surface area contributed by atoms with E-state index >= 15 is 0 Å². The molecule has 3 aliphatic rings. The first-order valence-electron chi connectivity index (χ1n) is 10.8. The van der Waals surface area contributed by atoms with E-state index in [4.69, 9.17) is 4.74 Å². The molecule has 0 aromatic rings. The molecular formula is C21H36N2O5S. The van der Waals surface area contributed by atoms with Crippen molar-refractivity contribution in [3.63, 3.8) is 0 Å². The Morgan fingerprint density at radius 2 is 2.07 bits per heavy atom. The molecule has 0 radical (unpaired) electrons. The Morgan fingerprint density at radius 3 is 2.69 bits per heavy atom. The van der Waals surface area contributed by atoms with Crippen LogP contribution in [0.3, 0.4) is 0 Å². The van der Waals surface area contributed by atoms with Crippen molar-refractivity contribution in [1.82, 2.24) is 10.2 Å². The number of ether oxygens (including phenoxy) is 1. The fraction of sp³-hybridized carbons (Fsp3) is 0.857. The Bertz CT molecular complexity index is 589. The van der Waals surface area contributed by atoms with Crippen LogP contribution in [-0.4, -0.2) is 87.9 Å². The van der Waals surface area contributed by atoms with Crippen LogP contribution in [0.4, 0.5) is 0 Å². The van der Waals surface area contributed by atoms with Crippen LogP contribution in [0.25, 0.3) is 0 Å². The summed E-state index contributed by atoms with van der Waals surface area (Å²) in [6.45, 7) is 3.08. The number of thioether (sulfide) groups is 1. The zero-order valence-electron chi connectivity index (χ0n) is 17.6. The van der Waals surface area contributed by atoms with Gasteiger partial charge in [-0.15, -0.1) is 11.8 Å². The highest BCUT2D eigenvalue weighted by Crippen LogP contribution is 2.34. The first-order chi connectivity index (χ1) is 13.9. The Balaban J connectivity index is 1.75. The maximum Gasteiger partial charge on any atom is 0.237 e. The molecule has 2 saturated heterocycles. The second kappa shape index (κ2) is 10.1. The van der Waals surface area contributed by atoms with Gasteiger partial charge in [0, 0.05) is 6.54 Å². The van der Waals surface area contributed by atoms with Gasteiger partial charge < -0.3 is 25.4 Å². The maximum atomic E-state index is 13.2. The number of carbonyl (C=O) groups excluding carboxylic acids is 1. The van der Waals surface area contributed by atoms with Gasteiger partial charge in [-0.25, -0.2) is 0 Å². The quantitative estimate of drug-likeness (QED) is 0.443. The highest BCUT2D eigenvalue weighted by molar-refractivity contribution is 7.99. The number of hydrogen-bond donors (Lipinski definition) is 4. The van der Waals surface area contributed by atoms with E-state index in [0.717, 1.165) is 38.6 Å². The van der Waals surface area contributed by atoms with Gasteiger partial charge in [0.1, 0.15) is 29.9 Å². The van der Waals surface area contributed by atoms with Crippen LogP contribution in [0.5, 0.6) is 0 Å². The molecule has 9 atom stereocenters. The summed E-state index contributed by atoms with van der Waals surface area (Å²) in [6.07, 6.45) is 6.27. The fourth-order valence-electron chi connectivity index (χ4n) is 5.04. The molecular weight excluding hydrogens is 392 g/mol. The van der Waals surface area contributed by atoms with Crippen LogP contribution in [-0.2, 0) is 9.53 Å². The smallest absolute Gasteiger partial charge is 0.237 e. The molecule has 0 spiro atoms.